The number of aromatic carboxylic acids is 1. The van der Waals surface area contributed by atoms with Gasteiger partial charge in [-0.05, 0) is 30.7 Å². The predicted octanol–water partition coefficient (Wildman–Crippen LogP) is 5.13. The van der Waals surface area contributed by atoms with Gasteiger partial charge in [0.15, 0.2) is 0 Å². The van der Waals surface area contributed by atoms with Gasteiger partial charge in [-0.1, -0.05) is 48.0 Å². The van der Waals surface area contributed by atoms with Crippen LogP contribution in [0.2, 0.25) is 0 Å². The zero-order valence-corrected chi connectivity index (χ0v) is 18.1. The maximum Gasteiger partial charge on any atom is 0.352 e. The van der Waals surface area contributed by atoms with Gasteiger partial charge < -0.3 is 19.7 Å². The van der Waals surface area contributed by atoms with Crippen LogP contribution in [-0.4, -0.2) is 22.8 Å². The van der Waals surface area contributed by atoms with E-state index in [2.05, 4.69) is 5.32 Å². The molecule has 32 heavy (non-hydrogen) atoms. The molecule has 0 aliphatic heterocycles. The zero-order chi connectivity index (χ0) is 22.7. The van der Waals surface area contributed by atoms with Gasteiger partial charge in [0, 0.05) is 35.7 Å². The Morgan fingerprint density at radius 1 is 1.06 bits per heavy atom. The number of rotatable bonds is 8. The molecule has 0 aliphatic rings. The topological polar surface area (TPSA) is 63.5 Å². The van der Waals surface area contributed by atoms with Gasteiger partial charge in [0.1, 0.15) is 17.3 Å². The maximum atomic E-state index is 14.4. The molecule has 1 aromatic heterocycles. The first-order valence-electron chi connectivity index (χ1n) is 10.4. The van der Waals surface area contributed by atoms with E-state index in [4.69, 9.17) is 4.74 Å². The molecule has 0 atom stereocenters. The molecule has 0 aliphatic carbocycles. The molecule has 0 radical (unpaired) electrons. The lowest BCUT2D eigenvalue weighted by Gasteiger charge is -2.11. The first-order chi connectivity index (χ1) is 15.5. The van der Waals surface area contributed by atoms with Gasteiger partial charge >= 0.3 is 5.97 Å². The molecule has 2 N–H and O–H groups in total. The van der Waals surface area contributed by atoms with Crippen LogP contribution in [0.3, 0.4) is 0 Å². The molecule has 0 saturated heterocycles. The van der Waals surface area contributed by atoms with E-state index in [0.29, 0.717) is 35.5 Å². The largest absolute Gasteiger partial charge is 0.497 e. The van der Waals surface area contributed by atoms with Gasteiger partial charge in [-0.2, -0.15) is 0 Å². The van der Waals surface area contributed by atoms with E-state index in [1.54, 1.807) is 35.9 Å². The molecule has 0 fully saturated rings. The highest BCUT2D eigenvalue weighted by Gasteiger charge is 2.23. The van der Waals surface area contributed by atoms with E-state index in [1.807, 2.05) is 43.3 Å². The summed E-state index contributed by atoms with van der Waals surface area (Å²) in [5.41, 5.74) is 4.23. The van der Waals surface area contributed by atoms with Gasteiger partial charge in [0.2, 0.25) is 0 Å². The van der Waals surface area contributed by atoms with Crippen molar-refractivity contribution in [3.8, 4) is 5.75 Å². The van der Waals surface area contributed by atoms with Gasteiger partial charge in [0.25, 0.3) is 0 Å². The third-order valence-electron chi connectivity index (χ3n) is 5.62. The Morgan fingerprint density at radius 2 is 1.81 bits per heavy atom. The van der Waals surface area contributed by atoms with E-state index < -0.39 is 5.97 Å². The Hall–Kier alpha value is -3.64. The Bertz CT molecular complexity index is 1260. The quantitative estimate of drug-likeness (QED) is 0.405. The van der Waals surface area contributed by atoms with E-state index in [1.165, 1.54) is 11.6 Å². The molecular weight excluding hydrogens is 407 g/mol. The number of benzene rings is 3. The number of aromatic nitrogens is 1. The summed E-state index contributed by atoms with van der Waals surface area (Å²) in [4.78, 5) is 12.3. The summed E-state index contributed by atoms with van der Waals surface area (Å²) >= 11 is 0. The summed E-state index contributed by atoms with van der Waals surface area (Å²) in [5, 5.41) is 14.3. The zero-order valence-electron chi connectivity index (χ0n) is 18.1. The minimum atomic E-state index is -1.05. The van der Waals surface area contributed by atoms with Gasteiger partial charge in [-0.15, -0.1) is 0 Å². The average molecular weight is 432 g/mol. The SMILES string of the molecule is COc1ccc2c(CNCc3ccc(C)cc3)c(C(=O)O)n(Cc3ccccc3F)c2c1. The van der Waals surface area contributed by atoms with Crippen molar-refractivity contribution in [1.82, 2.24) is 9.88 Å². The number of halogens is 1. The summed E-state index contributed by atoms with van der Waals surface area (Å²) in [7, 11) is 1.56. The Morgan fingerprint density at radius 3 is 2.50 bits per heavy atom. The molecule has 0 unspecified atom stereocenters. The molecule has 164 valence electrons. The van der Waals surface area contributed by atoms with Gasteiger partial charge in [-0.3, -0.25) is 0 Å². The molecular formula is C26H25FN2O3. The van der Waals surface area contributed by atoms with Crippen molar-refractivity contribution in [1.29, 1.82) is 0 Å². The Kier molecular flexibility index (Phi) is 6.23. The minimum absolute atomic E-state index is 0.107. The summed E-state index contributed by atoms with van der Waals surface area (Å²) in [6.45, 7) is 3.11. The number of ether oxygens (including phenoxy) is 1. The summed E-state index contributed by atoms with van der Waals surface area (Å²) in [6.07, 6.45) is 0. The number of carboxylic acids is 1. The second-order valence-corrected chi connectivity index (χ2v) is 7.78. The normalized spacial score (nSPS) is 11.1. The van der Waals surface area contributed by atoms with Crippen LogP contribution in [0.15, 0.2) is 66.7 Å². The van der Waals surface area contributed by atoms with E-state index in [9.17, 15) is 14.3 Å². The van der Waals surface area contributed by atoms with E-state index in [0.717, 1.165) is 10.9 Å². The number of hydrogen-bond donors (Lipinski definition) is 2. The van der Waals surface area contributed by atoms with Crippen LogP contribution in [0.1, 0.15) is 32.7 Å². The molecule has 0 spiro atoms. The van der Waals surface area contributed by atoms with Crippen molar-refractivity contribution in [2.45, 2.75) is 26.6 Å². The monoisotopic (exact) mass is 432 g/mol. The number of fused-ring (bicyclic) bond motifs is 1. The molecule has 0 bridgehead atoms. The van der Waals surface area contributed by atoms with Gasteiger partial charge in [-0.25, -0.2) is 9.18 Å². The average Bonchev–Trinajstić information content (AvgIpc) is 3.09. The maximum absolute atomic E-state index is 14.4. The summed E-state index contributed by atoms with van der Waals surface area (Å²) in [6, 6.07) is 20.1. The standard InChI is InChI=1S/C26H25FN2O3/c1-17-7-9-18(10-8-17)14-28-15-22-21-12-11-20(32-2)13-24(21)29(25(22)26(30)31)16-19-5-3-4-6-23(19)27/h3-13,28H,14-16H2,1-2H3,(H,30,31). The van der Waals surface area contributed by atoms with E-state index in [-0.39, 0.29) is 18.1 Å². The number of nitrogens with zero attached hydrogens (tertiary/aromatic N) is 1. The lowest BCUT2D eigenvalue weighted by Crippen LogP contribution is -2.17. The van der Waals surface area contributed by atoms with Crippen molar-refractivity contribution in [3.05, 3.63) is 100 Å². The highest BCUT2D eigenvalue weighted by Crippen LogP contribution is 2.31. The highest BCUT2D eigenvalue weighted by molar-refractivity contribution is 5.98. The highest BCUT2D eigenvalue weighted by atomic mass is 19.1. The molecule has 0 saturated carbocycles. The molecule has 4 aromatic rings. The van der Waals surface area contributed by atoms with Crippen molar-refractivity contribution < 1.29 is 19.0 Å². The van der Waals surface area contributed by atoms with Crippen LogP contribution >= 0.6 is 0 Å². The Labute approximate surface area is 186 Å². The van der Waals surface area contributed by atoms with E-state index >= 15 is 0 Å². The van der Waals surface area contributed by atoms with Crippen LogP contribution < -0.4 is 10.1 Å². The lowest BCUT2D eigenvalue weighted by molar-refractivity contribution is 0.0684. The van der Waals surface area contributed by atoms with Crippen molar-refractivity contribution in [3.63, 3.8) is 0 Å². The number of carboxylic acid groups (broad SMARTS) is 1. The number of methoxy groups -OCH3 is 1. The molecule has 0 amide bonds. The lowest BCUT2D eigenvalue weighted by atomic mass is 10.1. The third kappa shape index (κ3) is 4.36. The smallest absolute Gasteiger partial charge is 0.352 e. The number of hydrogen-bond acceptors (Lipinski definition) is 3. The van der Waals surface area contributed by atoms with Crippen molar-refractivity contribution in [2.24, 2.45) is 0 Å². The molecule has 5 nitrogen and oxygen atoms in total. The van der Waals surface area contributed by atoms with Crippen LogP contribution in [-0.2, 0) is 19.6 Å². The molecule has 6 heteroatoms. The second-order valence-electron chi connectivity index (χ2n) is 7.78. The van der Waals surface area contributed by atoms with Crippen LogP contribution in [0.25, 0.3) is 10.9 Å². The number of aryl methyl sites for hydroxylation is 1. The van der Waals surface area contributed by atoms with Crippen LogP contribution in [0, 0.1) is 12.7 Å². The van der Waals surface area contributed by atoms with Crippen LogP contribution in [0.5, 0.6) is 5.75 Å². The minimum Gasteiger partial charge on any atom is -0.497 e. The number of carbonyl (C=O) groups is 1. The Balaban J connectivity index is 1.75. The van der Waals surface area contributed by atoms with Crippen LogP contribution in [0.4, 0.5) is 4.39 Å². The van der Waals surface area contributed by atoms with Gasteiger partial charge in [0.05, 0.1) is 19.2 Å². The first kappa shape index (κ1) is 21.6. The third-order valence-corrected chi connectivity index (χ3v) is 5.62. The fourth-order valence-electron chi connectivity index (χ4n) is 3.95. The second kappa shape index (κ2) is 9.24. The van der Waals surface area contributed by atoms with Crippen molar-refractivity contribution in [2.75, 3.05) is 7.11 Å². The fourth-order valence-corrected chi connectivity index (χ4v) is 3.95. The first-order valence-corrected chi connectivity index (χ1v) is 10.4. The summed E-state index contributed by atoms with van der Waals surface area (Å²) < 4.78 is 21.4. The predicted molar refractivity (Wildman–Crippen MR) is 123 cm³/mol. The number of nitrogens with one attached hydrogen (secondary N) is 1. The molecule has 4 rings (SSSR count). The van der Waals surface area contributed by atoms with Crippen molar-refractivity contribution >= 4 is 16.9 Å². The molecule has 1 heterocycles. The fraction of sp³-hybridized carbons (Fsp3) is 0.192. The molecule has 3 aromatic carbocycles. The summed E-state index contributed by atoms with van der Waals surface area (Å²) in [5.74, 6) is -0.808.